The summed E-state index contributed by atoms with van der Waals surface area (Å²) in [6, 6.07) is 16.7. The molecule has 0 unspecified atom stereocenters. The van der Waals surface area contributed by atoms with Crippen molar-refractivity contribution < 1.29 is 9.90 Å². The zero-order chi connectivity index (χ0) is 18.1. The van der Waals surface area contributed by atoms with Crippen molar-refractivity contribution >= 4 is 11.7 Å². The molecule has 0 atom stereocenters. The van der Waals surface area contributed by atoms with Crippen LogP contribution < -0.4 is 4.90 Å². The van der Waals surface area contributed by atoms with Crippen molar-refractivity contribution in [1.29, 1.82) is 5.26 Å². The number of nitriles is 1. The number of hydrogen-bond donors (Lipinski definition) is 1. The van der Waals surface area contributed by atoms with Crippen molar-refractivity contribution in [1.82, 2.24) is 4.90 Å². The highest BCUT2D eigenvalue weighted by atomic mass is 16.4. The van der Waals surface area contributed by atoms with E-state index in [-0.39, 0.29) is 5.92 Å². The highest BCUT2D eigenvalue weighted by Crippen LogP contribution is 2.26. The second kappa shape index (κ2) is 6.81. The predicted molar refractivity (Wildman–Crippen MR) is 98.8 cm³/mol. The molecule has 0 saturated carbocycles. The number of hydrogen-bond acceptors (Lipinski definition) is 4. The molecule has 132 valence electrons. The molecule has 0 radical (unpaired) electrons. The number of rotatable bonds is 4. The molecule has 26 heavy (non-hydrogen) atoms. The Morgan fingerprint density at radius 3 is 2.62 bits per heavy atom. The molecule has 2 aliphatic heterocycles. The van der Waals surface area contributed by atoms with Gasteiger partial charge in [0.15, 0.2) is 0 Å². The minimum absolute atomic E-state index is 0.207. The average Bonchev–Trinajstić information content (AvgIpc) is 2.63. The molecule has 2 aromatic carbocycles. The molecule has 0 spiro atoms. The SMILES string of the molecule is N#Cc1ccc2c(c1)CN(c1ccc(CN3CC(C(=O)O)C3)cc1)CC2. The fourth-order valence-corrected chi connectivity index (χ4v) is 3.77. The minimum atomic E-state index is -0.693. The van der Waals surface area contributed by atoms with Crippen molar-refractivity contribution in [2.45, 2.75) is 19.5 Å². The first-order valence-electron chi connectivity index (χ1n) is 8.93. The van der Waals surface area contributed by atoms with Crippen LogP contribution in [-0.2, 0) is 24.3 Å². The number of likely N-dealkylation sites (tertiary alicyclic amines) is 1. The van der Waals surface area contributed by atoms with Gasteiger partial charge in [-0.05, 0) is 47.4 Å². The number of aliphatic carboxylic acids is 1. The Bertz CT molecular complexity index is 864. The highest BCUT2D eigenvalue weighted by Gasteiger charge is 2.32. The fourth-order valence-electron chi connectivity index (χ4n) is 3.77. The summed E-state index contributed by atoms with van der Waals surface area (Å²) in [5.41, 5.74) is 5.69. The van der Waals surface area contributed by atoms with E-state index in [4.69, 9.17) is 10.4 Å². The van der Waals surface area contributed by atoms with Gasteiger partial charge in [0.2, 0.25) is 0 Å². The van der Waals surface area contributed by atoms with E-state index in [1.165, 1.54) is 22.4 Å². The highest BCUT2D eigenvalue weighted by molar-refractivity contribution is 5.71. The van der Waals surface area contributed by atoms with Crippen molar-refractivity contribution in [3.8, 4) is 6.07 Å². The maximum absolute atomic E-state index is 10.9. The molecule has 2 aliphatic rings. The van der Waals surface area contributed by atoms with Gasteiger partial charge in [0.1, 0.15) is 0 Å². The third-order valence-corrected chi connectivity index (χ3v) is 5.36. The van der Waals surface area contributed by atoms with Crippen molar-refractivity contribution in [3.63, 3.8) is 0 Å². The van der Waals surface area contributed by atoms with Gasteiger partial charge in [-0.1, -0.05) is 18.2 Å². The van der Waals surface area contributed by atoms with E-state index in [0.29, 0.717) is 13.1 Å². The zero-order valence-electron chi connectivity index (χ0n) is 14.6. The summed E-state index contributed by atoms with van der Waals surface area (Å²) < 4.78 is 0. The van der Waals surface area contributed by atoms with Gasteiger partial charge in [-0.15, -0.1) is 0 Å². The van der Waals surface area contributed by atoms with Crippen LogP contribution in [0.3, 0.4) is 0 Å². The molecule has 0 aromatic heterocycles. The second-order valence-corrected chi connectivity index (χ2v) is 7.16. The normalized spacial score (nSPS) is 17.3. The smallest absolute Gasteiger partial charge is 0.309 e. The van der Waals surface area contributed by atoms with E-state index in [2.05, 4.69) is 46.2 Å². The quantitative estimate of drug-likeness (QED) is 0.921. The number of nitrogens with zero attached hydrogens (tertiary/aromatic N) is 3. The van der Waals surface area contributed by atoms with E-state index in [1.54, 1.807) is 0 Å². The summed E-state index contributed by atoms with van der Waals surface area (Å²) in [4.78, 5) is 15.4. The number of carboxylic acid groups (broad SMARTS) is 1. The molecule has 2 aromatic rings. The lowest BCUT2D eigenvalue weighted by Gasteiger charge is -2.36. The summed E-state index contributed by atoms with van der Waals surface area (Å²) in [6.07, 6.45) is 0.993. The number of carboxylic acids is 1. The van der Waals surface area contributed by atoms with Gasteiger partial charge in [0, 0.05) is 38.4 Å². The summed E-state index contributed by atoms with van der Waals surface area (Å²) in [6.45, 7) is 3.89. The molecule has 1 saturated heterocycles. The Labute approximate surface area is 153 Å². The molecule has 1 fully saturated rings. The van der Waals surface area contributed by atoms with Crippen molar-refractivity contribution in [2.75, 3.05) is 24.5 Å². The van der Waals surface area contributed by atoms with E-state index < -0.39 is 5.97 Å². The first-order valence-corrected chi connectivity index (χ1v) is 8.93. The largest absolute Gasteiger partial charge is 0.481 e. The van der Waals surface area contributed by atoms with Crippen LogP contribution in [0.5, 0.6) is 0 Å². The second-order valence-electron chi connectivity index (χ2n) is 7.16. The van der Waals surface area contributed by atoms with Crippen LogP contribution in [0, 0.1) is 17.2 Å². The van der Waals surface area contributed by atoms with Gasteiger partial charge < -0.3 is 10.0 Å². The van der Waals surface area contributed by atoms with Gasteiger partial charge in [-0.25, -0.2) is 0 Å². The lowest BCUT2D eigenvalue weighted by atomic mass is 9.97. The topological polar surface area (TPSA) is 67.6 Å². The molecule has 2 heterocycles. The first-order chi connectivity index (χ1) is 12.6. The fraction of sp³-hybridized carbons (Fsp3) is 0.333. The minimum Gasteiger partial charge on any atom is -0.481 e. The summed E-state index contributed by atoms with van der Waals surface area (Å²) in [7, 11) is 0. The first kappa shape index (κ1) is 16.6. The molecule has 0 amide bonds. The Hall–Kier alpha value is -2.84. The molecule has 4 rings (SSSR count). The van der Waals surface area contributed by atoms with Crippen LogP contribution in [0.15, 0.2) is 42.5 Å². The van der Waals surface area contributed by atoms with Gasteiger partial charge in [0.05, 0.1) is 17.6 Å². The van der Waals surface area contributed by atoms with Gasteiger partial charge >= 0.3 is 5.97 Å². The third kappa shape index (κ3) is 3.29. The monoisotopic (exact) mass is 347 g/mol. The van der Waals surface area contributed by atoms with Gasteiger partial charge in [-0.3, -0.25) is 9.69 Å². The average molecular weight is 347 g/mol. The summed E-state index contributed by atoms with van der Waals surface area (Å²) >= 11 is 0. The lowest BCUT2D eigenvalue weighted by Crippen LogP contribution is -2.49. The number of carbonyl (C=O) groups is 1. The molecule has 5 heteroatoms. The standard InChI is InChI=1S/C21H21N3O2/c22-10-16-1-4-17-7-8-24(14-18(17)9-16)20-5-2-15(3-6-20)11-23-12-19(13-23)21(25)26/h1-6,9,19H,7-8,11-14H2,(H,25,26). The Morgan fingerprint density at radius 1 is 1.15 bits per heavy atom. The molecule has 0 aliphatic carbocycles. The molecule has 1 N–H and O–H groups in total. The Kier molecular flexibility index (Phi) is 4.36. The van der Waals surface area contributed by atoms with Gasteiger partial charge in [0.25, 0.3) is 0 Å². The third-order valence-electron chi connectivity index (χ3n) is 5.36. The van der Waals surface area contributed by atoms with Crippen LogP contribution in [-0.4, -0.2) is 35.6 Å². The number of fused-ring (bicyclic) bond motifs is 1. The van der Waals surface area contributed by atoms with Crippen LogP contribution in [0.2, 0.25) is 0 Å². The van der Waals surface area contributed by atoms with Crippen LogP contribution in [0.4, 0.5) is 5.69 Å². The number of benzene rings is 2. The van der Waals surface area contributed by atoms with Gasteiger partial charge in [-0.2, -0.15) is 5.26 Å². The van der Waals surface area contributed by atoms with Crippen LogP contribution in [0.1, 0.15) is 22.3 Å². The molecule has 0 bridgehead atoms. The van der Waals surface area contributed by atoms with Crippen molar-refractivity contribution in [3.05, 3.63) is 64.7 Å². The molecule has 5 nitrogen and oxygen atoms in total. The maximum Gasteiger partial charge on any atom is 0.309 e. The predicted octanol–water partition coefficient (Wildman–Crippen LogP) is 2.64. The van der Waals surface area contributed by atoms with E-state index in [1.807, 2.05) is 12.1 Å². The Morgan fingerprint density at radius 2 is 1.92 bits per heavy atom. The maximum atomic E-state index is 10.9. The van der Waals surface area contributed by atoms with E-state index in [0.717, 1.165) is 31.6 Å². The molecular weight excluding hydrogens is 326 g/mol. The molecular formula is C21H21N3O2. The van der Waals surface area contributed by atoms with Crippen molar-refractivity contribution in [2.24, 2.45) is 5.92 Å². The summed E-state index contributed by atoms with van der Waals surface area (Å²) in [5.74, 6) is -0.900. The number of anilines is 1. The Balaban J connectivity index is 1.40. The lowest BCUT2D eigenvalue weighted by molar-refractivity contribution is -0.147. The van der Waals surface area contributed by atoms with E-state index in [9.17, 15) is 4.79 Å². The van der Waals surface area contributed by atoms with Crippen LogP contribution >= 0.6 is 0 Å². The zero-order valence-corrected chi connectivity index (χ0v) is 14.6. The van der Waals surface area contributed by atoms with Crippen LogP contribution in [0.25, 0.3) is 0 Å². The van der Waals surface area contributed by atoms with E-state index >= 15 is 0 Å². The summed E-state index contributed by atoms with van der Waals surface area (Å²) in [5, 5.41) is 18.0.